The van der Waals surface area contributed by atoms with Gasteiger partial charge in [0, 0.05) is 18.1 Å². The summed E-state index contributed by atoms with van der Waals surface area (Å²) < 4.78 is 0. The fraction of sp³-hybridized carbons (Fsp3) is 0.143. The second-order valence-electron chi connectivity index (χ2n) is 4.31. The number of aromatic nitrogens is 2. The first-order valence-electron chi connectivity index (χ1n) is 5.87. The molecule has 0 radical (unpaired) electrons. The van der Waals surface area contributed by atoms with Crippen molar-refractivity contribution in [3.8, 4) is 6.07 Å². The van der Waals surface area contributed by atoms with Gasteiger partial charge >= 0.3 is 0 Å². The van der Waals surface area contributed by atoms with Crippen molar-refractivity contribution in [2.24, 2.45) is 0 Å². The number of nitrogens with zero attached hydrogens (tertiary/aromatic N) is 3. The number of rotatable bonds is 2. The van der Waals surface area contributed by atoms with E-state index in [2.05, 4.69) is 21.4 Å². The second-order valence-corrected chi connectivity index (χ2v) is 4.31. The van der Waals surface area contributed by atoms with Crippen LogP contribution in [-0.4, -0.2) is 15.9 Å². The summed E-state index contributed by atoms with van der Waals surface area (Å²) in [5.41, 5.74) is 2.54. The number of carbonyl (C=O) groups is 1. The topological polar surface area (TPSA) is 78.7 Å². The van der Waals surface area contributed by atoms with Gasteiger partial charge < -0.3 is 5.32 Å². The van der Waals surface area contributed by atoms with E-state index in [0.717, 1.165) is 16.8 Å². The molecule has 1 amide bonds. The maximum atomic E-state index is 11.3. The molecule has 0 saturated heterocycles. The summed E-state index contributed by atoms with van der Waals surface area (Å²) in [5.74, 6) is -0.0546. The predicted molar refractivity (Wildman–Crippen MR) is 68.3 cm³/mol. The molecular weight excluding hydrogens is 240 g/mol. The predicted octanol–water partition coefficient (Wildman–Crippen LogP) is 1.63. The third-order valence-electron chi connectivity index (χ3n) is 3.06. The number of amides is 1. The zero-order chi connectivity index (χ0) is 13.2. The quantitative estimate of drug-likeness (QED) is 0.878. The molecule has 1 unspecified atom stereocenters. The Kier molecular flexibility index (Phi) is 2.69. The third-order valence-corrected chi connectivity index (χ3v) is 3.06. The van der Waals surface area contributed by atoms with Crippen LogP contribution in [0, 0.1) is 11.3 Å². The summed E-state index contributed by atoms with van der Waals surface area (Å²) in [5, 5.41) is 12.1. The molecule has 1 aliphatic rings. The number of fused-ring (bicyclic) bond motifs is 1. The van der Waals surface area contributed by atoms with Crippen LogP contribution < -0.4 is 5.32 Å². The monoisotopic (exact) mass is 250 g/mol. The molecule has 0 aliphatic carbocycles. The van der Waals surface area contributed by atoms with E-state index in [0.29, 0.717) is 12.2 Å². The van der Waals surface area contributed by atoms with E-state index in [1.807, 2.05) is 18.2 Å². The number of nitriles is 1. The molecule has 1 aliphatic heterocycles. The van der Waals surface area contributed by atoms with Crippen LogP contribution in [0.1, 0.15) is 22.9 Å². The molecule has 5 heteroatoms. The normalized spacial score (nSPS) is 14.4. The smallest absolute Gasteiger partial charge is 0.228 e. The van der Waals surface area contributed by atoms with E-state index in [1.165, 1.54) is 0 Å². The Balaban J connectivity index is 2.00. The van der Waals surface area contributed by atoms with Crippen LogP contribution in [-0.2, 0) is 11.2 Å². The van der Waals surface area contributed by atoms with Crippen LogP contribution in [0.3, 0.4) is 0 Å². The molecule has 0 fully saturated rings. The van der Waals surface area contributed by atoms with E-state index in [-0.39, 0.29) is 5.91 Å². The van der Waals surface area contributed by atoms with Crippen molar-refractivity contribution in [3.05, 3.63) is 53.6 Å². The highest BCUT2D eigenvalue weighted by Gasteiger charge is 2.21. The highest BCUT2D eigenvalue weighted by atomic mass is 16.1. The lowest BCUT2D eigenvalue weighted by atomic mass is 9.97. The first-order chi connectivity index (χ1) is 9.28. The molecule has 1 aromatic heterocycles. The maximum absolute atomic E-state index is 11.3. The van der Waals surface area contributed by atoms with E-state index in [9.17, 15) is 10.1 Å². The van der Waals surface area contributed by atoms with Gasteiger partial charge in [-0.1, -0.05) is 12.1 Å². The third kappa shape index (κ3) is 2.04. The van der Waals surface area contributed by atoms with Crippen molar-refractivity contribution in [2.45, 2.75) is 12.3 Å². The van der Waals surface area contributed by atoms with Gasteiger partial charge in [-0.25, -0.2) is 9.97 Å². The van der Waals surface area contributed by atoms with E-state index in [1.54, 1.807) is 18.5 Å². The van der Waals surface area contributed by atoms with Gasteiger partial charge in [0.15, 0.2) is 0 Å². The largest absolute Gasteiger partial charge is 0.326 e. The van der Waals surface area contributed by atoms with Gasteiger partial charge in [0.2, 0.25) is 5.91 Å². The van der Waals surface area contributed by atoms with Gasteiger partial charge in [-0.3, -0.25) is 4.79 Å². The first kappa shape index (κ1) is 11.4. The average molecular weight is 250 g/mol. The van der Waals surface area contributed by atoms with Crippen LogP contribution in [0.2, 0.25) is 0 Å². The Morgan fingerprint density at radius 3 is 2.84 bits per heavy atom. The molecular formula is C14H10N4O. The van der Waals surface area contributed by atoms with Crippen LogP contribution in [0.4, 0.5) is 5.69 Å². The molecule has 0 spiro atoms. The minimum Gasteiger partial charge on any atom is -0.326 e. The van der Waals surface area contributed by atoms with Crippen LogP contribution in [0.5, 0.6) is 0 Å². The SMILES string of the molecule is N#CC(c1ccc2c(c1)CC(=O)N2)c1ncccn1. The summed E-state index contributed by atoms with van der Waals surface area (Å²) in [6.45, 7) is 0. The number of anilines is 1. The van der Waals surface area contributed by atoms with Crippen molar-refractivity contribution in [1.82, 2.24) is 9.97 Å². The molecule has 19 heavy (non-hydrogen) atoms. The van der Waals surface area contributed by atoms with Crippen LogP contribution in [0.25, 0.3) is 0 Å². The van der Waals surface area contributed by atoms with Gasteiger partial charge in [0.05, 0.1) is 12.5 Å². The van der Waals surface area contributed by atoms with Crippen molar-refractivity contribution < 1.29 is 4.79 Å². The number of hydrogen-bond acceptors (Lipinski definition) is 4. The standard InChI is InChI=1S/C14H10N4O/c15-8-11(14-16-4-1-5-17-14)9-2-3-12-10(6-9)7-13(19)18-12/h1-6,11H,7H2,(H,18,19). The Labute approximate surface area is 109 Å². The second kappa shape index (κ2) is 4.50. The van der Waals surface area contributed by atoms with Crippen molar-refractivity contribution in [2.75, 3.05) is 5.32 Å². The Morgan fingerprint density at radius 2 is 2.11 bits per heavy atom. The van der Waals surface area contributed by atoms with Gasteiger partial charge in [-0.15, -0.1) is 0 Å². The summed E-state index contributed by atoms with van der Waals surface area (Å²) in [6.07, 6.45) is 3.59. The number of nitrogens with one attached hydrogen (secondary N) is 1. The summed E-state index contributed by atoms with van der Waals surface area (Å²) >= 11 is 0. The van der Waals surface area contributed by atoms with E-state index < -0.39 is 5.92 Å². The highest BCUT2D eigenvalue weighted by molar-refractivity contribution is 5.99. The molecule has 2 heterocycles. The molecule has 2 aromatic rings. The summed E-state index contributed by atoms with van der Waals surface area (Å²) in [7, 11) is 0. The van der Waals surface area contributed by atoms with Crippen LogP contribution >= 0.6 is 0 Å². The lowest BCUT2D eigenvalue weighted by Crippen LogP contribution is -2.03. The Bertz CT molecular complexity index is 676. The molecule has 0 bridgehead atoms. The fourth-order valence-electron chi connectivity index (χ4n) is 2.17. The first-order valence-corrected chi connectivity index (χ1v) is 5.87. The molecule has 1 N–H and O–H groups in total. The molecule has 0 saturated carbocycles. The highest BCUT2D eigenvalue weighted by Crippen LogP contribution is 2.28. The fourth-order valence-corrected chi connectivity index (χ4v) is 2.17. The molecule has 3 rings (SSSR count). The Morgan fingerprint density at radius 1 is 1.32 bits per heavy atom. The number of hydrogen-bond donors (Lipinski definition) is 1. The van der Waals surface area contributed by atoms with Crippen molar-refractivity contribution in [3.63, 3.8) is 0 Å². The van der Waals surface area contributed by atoms with Gasteiger partial charge in [0.1, 0.15) is 11.7 Å². The van der Waals surface area contributed by atoms with Crippen molar-refractivity contribution >= 4 is 11.6 Å². The molecule has 92 valence electrons. The van der Waals surface area contributed by atoms with Crippen LogP contribution in [0.15, 0.2) is 36.7 Å². The van der Waals surface area contributed by atoms with E-state index >= 15 is 0 Å². The molecule has 5 nitrogen and oxygen atoms in total. The van der Waals surface area contributed by atoms with Crippen molar-refractivity contribution in [1.29, 1.82) is 5.26 Å². The van der Waals surface area contributed by atoms with Gasteiger partial charge in [-0.2, -0.15) is 5.26 Å². The lowest BCUT2D eigenvalue weighted by molar-refractivity contribution is -0.115. The zero-order valence-corrected chi connectivity index (χ0v) is 10.00. The minimum absolute atomic E-state index is 0.0170. The minimum atomic E-state index is -0.512. The summed E-state index contributed by atoms with van der Waals surface area (Å²) in [4.78, 5) is 19.6. The maximum Gasteiger partial charge on any atom is 0.228 e. The molecule has 1 atom stereocenters. The number of benzene rings is 1. The summed E-state index contributed by atoms with van der Waals surface area (Å²) in [6, 6.07) is 9.44. The van der Waals surface area contributed by atoms with E-state index in [4.69, 9.17) is 0 Å². The zero-order valence-electron chi connectivity index (χ0n) is 10.00. The Hall–Kier alpha value is -2.74. The van der Waals surface area contributed by atoms with Gasteiger partial charge in [0.25, 0.3) is 0 Å². The number of carbonyl (C=O) groups excluding carboxylic acids is 1. The lowest BCUT2D eigenvalue weighted by Gasteiger charge is -2.09. The molecule has 1 aromatic carbocycles. The average Bonchev–Trinajstić information content (AvgIpc) is 2.80. The van der Waals surface area contributed by atoms with Gasteiger partial charge in [-0.05, 0) is 23.3 Å².